The summed E-state index contributed by atoms with van der Waals surface area (Å²) >= 11 is 0. The van der Waals surface area contributed by atoms with E-state index in [0.717, 1.165) is 55.4 Å². The highest BCUT2D eigenvalue weighted by molar-refractivity contribution is 5.64. The van der Waals surface area contributed by atoms with Crippen LogP contribution in [0, 0.1) is 13.8 Å². The van der Waals surface area contributed by atoms with Gasteiger partial charge in [0.25, 0.3) is 0 Å². The molecule has 0 bridgehead atoms. The van der Waals surface area contributed by atoms with Crippen molar-refractivity contribution in [2.24, 2.45) is 0 Å². The zero-order chi connectivity index (χ0) is 28.0. The van der Waals surface area contributed by atoms with E-state index in [2.05, 4.69) is 154 Å². The van der Waals surface area contributed by atoms with Gasteiger partial charge in [0.1, 0.15) is 0 Å². The Morgan fingerprint density at radius 1 is 0.732 bits per heavy atom. The molecule has 0 amide bonds. The van der Waals surface area contributed by atoms with Crippen LogP contribution >= 0.6 is 0 Å². The molecule has 4 aromatic carbocycles. The number of hydrogen-bond acceptors (Lipinski definition) is 5. The fourth-order valence-electron chi connectivity index (χ4n) is 5.81. The predicted molar refractivity (Wildman–Crippen MR) is 166 cm³/mol. The molecule has 2 heterocycles. The maximum absolute atomic E-state index is 4.67. The summed E-state index contributed by atoms with van der Waals surface area (Å²) in [6, 6.07) is 36.2. The molecule has 0 spiro atoms. The van der Waals surface area contributed by atoms with Crippen LogP contribution in [0.5, 0.6) is 0 Å². The number of piperazine rings is 1. The standard InChI is InChI=1S/C35H36N6/c1-27-12-9-13-28(2)33(27)41-35(36-37-38-41)34(32-20-10-19-31(26-32)30-17-7-4-8-18-30)40-24-22-39(23-25-40)21-11-16-29-14-5-3-6-15-29/h3-20,26,34H,21-25H2,1-2H3/b16-11+. The van der Waals surface area contributed by atoms with Gasteiger partial charge in [-0.15, -0.1) is 5.10 Å². The molecule has 1 aliphatic heterocycles. The third kappa shape index (κ3) is 6.04. The third-order valence-corrected chi connectivity index (χ3v) is 7.94. The van der Waals surface area contributed by atoms with Gasteiger partial charge in [0, 0.05) is 32.7 Å². The zero-order valence-corrected chi connectivity index (χ0v) is 23.8. The van der Waals surface area contributed by atoms with Crippen molar-refractivity contribution in [3.8, 4) is 16.8 Å². The van der Waals surface area contributed by atoms with Crippen LogP contribution in [0.2, 0.25) is 0 Å². The van der Waals surface area contributed by atoms with Gasteiger partial charge >= 0.3 is 0 Å². The van der Waals surface area contributed by atoms with Crippen LogP contribution in [0.1, 0.15) is 34.1 Å². The number of hydrogen-bond donors (Lipinski definition) is 0. The maximum Gasteiger partial charge on any atom is 0.178 e. The lowest BCUT2D eigenvalue weighted by atomic mass is 9.97. The molecule has 0 aliphatic carbocycles. The van der Waals surface area contributed by atoms with Gasteiger partial charge in [0.2, 0.25) is 0 Å². The van der Waals surface area contributed by atoms with Crippen molar-refractivity contribution >= 4 is 6.08 Å². The number of tetrazole rings is 1. The summed E-state index contributed by atoms with van der Waals surface area (Å²) in [5.41, 5.74) is 8.22. The van der Waals surface area contributed by atoms with Crippen molar-refractivity contribution in [1.29, 1.82) is 0 Å². The third-order valence-electron chi connectivity index (χ3n) is 7.94. The van der Waals surface area contributed by atoms with Gasteiger partial charge in [-0.1, -0.05) is 109 Å². The average molecular weight is 541 g/mol. The molecular formula is C35H36N6. The van der Waals surface area contributed by atoms with Gasteiger partial charge in [0.15, 0.2) is 5.82 Å². The lowest BCUT2D eigenvalue weighted by Gasteiger charge is -2.38. The summed E-state index contributed by atoms with van der Waals surface area (Å²) in [5.74, 6) is 0.852. The molecule has 1 fully saturated rings. The highest BCUT2D eigenvalue weighted by atomic mass is 15.6. The summed E-state index contributed by atoms with van der Waals surface area (Å²) in [6.45, 7) is 9.02. The van der Waals surface area contributed by atoms with E-state index in [1.165, 1.54) is 22.3 Å². The summed E-state index contributed by atoms with van der Waals surface area (Å²) in [7, 11) is 0. The van der Waals surface area contributed by atoms with E-state index in [4.69, 9.17) is 0 Å². The second-order valence-corrected chi connectivity index (χ2v) is 10.7. The first-order valence-corrected chi connectivity index (χ1v) is 14.4. The fraction of sp³-hybridized carbons (Fsp3) is 0.229. The van der Waals surface area contributed by atoms with E-state index >= 15 is 0 Å². The Hall–Kier alpha value is -4.39. The minimum atomic E-state index is -0.0744. The molecule has 1 aliphatic rings. The Morgan fingerprint density at radius 3 is 2.12 bits per heavy atom. The molecular weight excluding hydrogens is 504 g/mol. The molecule has 206 valence electrons. The molecule has 6 heteroatoms. The van der Waals surface area contributed by atoms with E-state index in [0.29, 0.717) is 0 Å². The Morgan fingerprint density at radius 2 is 1.39 bits per heavy atom. The monoisotopic (exact) mass is 540 g/mol. The molecule has 6 rings (SSSR count). The Bertz CT molecular complexity index is 1580. The van der Waals surface area contributed by atoms with Gasteiger partial charge in [-0.25, -0.2) is 0 Å². The number of rotatable bonds is 8. The van der Waals surface area contributed by atoms with Crippen LogP contribution in [0.15, 0.2) is 109 Å². The van der Waals surface area contributed by atoms with Crippen molar-refractivity contribution in [2.45, 2.75) is 19.9 Å². The molecule has 41 heavy (non-hydrogen) atoms. The number of para-hydroxylation sites is 1. The van der Waals surface area contributed by atoms with Crippen LogP contribution in [-0.4, -0.2) is 62.7 Å². The molecule has 1 aromatic heterocycles. The first-order valence-electron chi connectivity index (χ1n) is 14.4. The van der Waals surface area contributed by atoms with E-state index in [1.807, 2.05) is 4.68 Å². The van der Waals surface area contributed by atoms with Gasteiger partial charge in [0.05, 0.1) is 11.7 Å². The molecule has 1 atom stereocenters. The molecule has 1 saturated heterocycles. The highest BCUT2D eigenvalue weighted by Gasteiger charge is 2.31. The second-order valence-electron chi connectivity index (χ2n) is 10.7. The summed E-state index contributed by atoms with van der Waals surface area (Å²) < 4.78 is 1.96. The SMILES string of the molecule is Cc1cccc(C)c1-n1nnnc1C(c1cccc(-c2ccccc2)c1)N1CCN(C/C=C/c2ccccc2)CC1. The van der Waals surface area contributed by atoms with Crippen molar-refractivity contribution < 1.29 is 0 Å². The van der Waals surface area contributed by atoms with Crippen molar-refractivity contribution in [1.82, 2.24) is 30.0 Å². The summed E-state index contributed by atoms with van der Waals surface area (Å²) in [4.78, 5) is 5.05. The topological polar surface area (TPSA) is 50.1 Å². The van der Waals surface area contributed by atoms with Crippen LogP contribution in [-0.2, 0) is 0 Å². The highest BCUT2D eigenvalue weighted by Crippen LogP contribution is 2.33. The van der Waals surface area contributed by atoms with Gasteiger partial charge in [-0.05, 0) is 63.7 Å². The summed E-state index contributed by atoms with van der Waals surface area (Å²) in [6.07, 6.45) is 4.48. The van der Waals surface area contributed by atoms with E-state index in [9.17, 15) is 0 Å². The Kier molecular flexibility index (Phi) is 8.12. The van der Waals surface area contributed by atoms with Crippen molar-refractivity contribution in [3.05, 3.63) is 137 Å². The first kappa shape index (κ1) is 26.8. The van der Waals surface area contributed by atoms with Crippen molar-refractivity contribution in [3.63, 3.8) is 0 Å². The zero-order valence-electron chi connectivity index (χ0n) is 23.8. The molecule has 1 unspecified atom stereocenters. The van der Waals surface area contributed by atoms with Gasteiger partial charge in [-0.3, -0.25) is 9.80 Å². The van der Waals surface area contributed by atoms with Crippen LogP contribution in [0.25, 0.3) is 22.9 Å². The van der Waals surface area contributed by atoms with Gasteiger partial charge in [-0.2, -0.15) is 4.68 Å². The maximum atomic E-state index is 4.67. The Labute approximate surface area is 242 Å². The molecule has 0 saturated carbocycles. The van der Waals surface area contributed by atoms with E-state index in [1.54, 1.807) is 0 Å². The number of aromatic nitrogens is 4. The first-order chi connectivity index (χ1) is 20.2. The predicted octanol–water partition coefficient (Wildman–Crippen LogP) is 6.37. The van der Waals surface area contributed by atoms with E-state index in [-0.39, 0.29) is 6.04 Å². The van der Waals surface area contributed by atoms with Crippen molar-refractivity contribution in [2.75, 3.05) is 32.7 Å². The number of aryl methyl sites for hydroxylation is 2. The Balaban J connectivity index is 1.31. The molecule has 5 aromatic rings. The van der Waals surface area contributed by atoms with Crippen LogP contribution in [0.3, 0.4) is 0 Å². The lowest BCUT2D eigenvalue weighted by Crippen LogP contribution is -2.48. The fourth-order valence-corrected chi connectivity index (χ4v) is 5.81. The number of nitrogens with zero attached hydrogens (tertiary/aromatic N) is 6. The second kappa shape index (κ2) is 12.4. The molecule has 0 N–H and O–H groups in total. The van der Waals surface area contributed by atoms with Crippen LogP contribution < -0.4 is 0 Å². The molecule has 0 radical (unpaired) electrons. The quantitative estimate of drug-likeness (QED) is 0.229. The molecule has 6 nitrogen and oxygen atoms in total. The smallest absolute Gasteiger partial charge is 0.178 e. The lowest BCUT2D eigenvalue weighted by molar-refractivity contribution is 0.113. The van der Waals surface area contributed by atoms with Crippen LogP contribution in [0.4, 0.5) is 0 Å². The minimum Gasteiger partial charge on any atom is -0.297 e. The largest absolute Gasteiger partial charge is 0.297 e. The number of benzene rings is 4. The van der Waals surface area contributed by atoms with Gasteiger partial charge < -0.3 is 0 Å². The normalized spacial score (nSPS) is 15.4. The summed E-state index contributed by atoms with van der Waals surface area (Å²) in [5, 5.41) is 13.4. The minimum absolute atomic E-state index is 0.0744. The van der Waals surface area contributed by atoms with E-state index < -0.39 is 0 Å². The average Bonchev–Trinajstić information content (AvgIpc) is 3.48.